The molecule has 0 bridgehead atoms. The number of aliphatic carboxylic acids is 1. The lowest BCUT2D eigenvalue weighted by Crippen LogP contribution is -2.65. The van der Waals surface area contributed by atoms with E-state index in [1.807, 2.05) is 48.5 Å². The molecule has 0 aromatic carbocycles. The average Bonchev–Trinajstić information content (AvgIpc) is 3.78. The predicted octanol–water partition coefficient (Wildman–Crippen LogP) is 7.58. The molecule has 16 unspecified atom stereocenters. The highest BCUT2D eigenvalue weighted by molar-refractivity contribution is 5.84. The first-order chi connectivity index (χ1) is 27.1. The summed E-state index contributed by atoms with van der Waals surface area (Å²) in [5.74, 6) is -4.62. The molecule has 2 spiro atoms. The van der Waals surface area contributed by atoms with Gasteiger partial charge in [0.05, 0.1) is 59.3 Å². The smallest absolute Gasteiger partial charge is 0.309 e. The van der Waals surface area contributed by atoms with Gasteiger partial charge in [0.2, 0.25) is 0 Å². The van der Waals surface area contributed by atoms with E-state index in [4.69, 9.17) is 23.7 Å². The third-order valence-electron chi connectivity index (χ3n) is 16.8. The zero-order valence-electron chi connectivity index (χ0n) is 37.8. The first kappa shape index (κ1) is 46.1. The standard InChI is InChI=1S/C47H79NO10/c1-13-33(42(51)52)36-17-16-28(6)44(12,55-36)31(9)39(49)30(8)40(50)34(14-2)41-27(5)24-29(7)46(56-41)21-18-37(48-35-25-26(35)4)47(58-46)23-22-43(11,57-47)38-19-20-45(53,15-3)32(10)54-38/h18,21,26-39,41,48-49,53H,13-17,19-20,22-25H2,1-12H3,(H,51,52)/t26?,27-,28?,29+,30-,31?,32?,33?,34?,35?,36?,37?,38?,39?,41?,43?,44?,45?,46-,47?/m0/s1. The minimum Gasteiger partial charge on any atom is -0.481 e. The zero-order valence-corrected chi connectivity index (χ0v) is 37.8. The number of carboxylic acid groups (broad SMARTS) is 1. The van der Waals surface area contributed by atoms with Crippen molar-refractivity contribution < 1.29 is 48.6 Å². The third-order valence-corrected chi connectivity index (χ3v) is 16.8. The molecule has 332 valence electrons. The van der Waals surface area contributed by atoms with Crippen LogP contribution in [0.25, 0.3) is 0 Å². The molecular formula is C47H79NO10. The quantitative estimate of drug-likeness (QED) is 0.128. The van der Waals surface area contributed by atoms with Gasteiger partial charge in [-0.25, -0.2) is 0 Å². The summed E-state index contributed by atoms with van der Waals surface area (Å²) < 4.78 is 35.1. The number of nitrogens with one attached hydrogen (secondary N) is 1. The van der Waals surface area contributed by atoms with Crippen LogP contribution in [-0.2, 0) is 33.3 Å². The van der Waals surface area contributed by atoms with Gasteiger partial charge in [-0.1, -0.05) is 68.4 Å². The van der Waals surface area contributed by atoms with Crippen molar-refractivity contribution in [3.63, 3.8) is 0 Å². The van der Waals surface area contributed by atoms with Crippen LogP contribution in [0, 0.1) is 47.3 Å². The van der Waals surface area contributed by atoms with Gasteiger partial charge < -0.3 is 44.3 Å². The lowest BCUT2D eigenvalue weighted by molar-refractivity contribution is -0.398. The normalized spacial score (nSPS) is 48.0. The maximum atomic E-state index is 14.7. The molecule has 4 N–H and O–H groups in total. The Morgan fingerprint density at radius 1 is 0.862 bits per heavy atom. The number of carbonyl (C=O) groups is 2. The predicted molar refractivity (Wildman–Crippen MR) is 222 cm³/mol. The van der Waals surface area contributed by atoms with Gasteiger partial charge in [-0.05, 0) is 109 Å². The molecule has 58 heavy (non-hydrogen) atoms. The fraction of sp³-hybridized carbons (Fsp3) is 0.915. The van der Waals surface area contributed by atoms with E-state index in [1.165, 1.54) is 0 Å². The Balaban J connectivity index is 1.22. The first-order valence-corrected chi connectivity index (χ1v) is 23.2. The summed E-state index contributed by atoms with van der Waals surface area (Å²) in [4.78, 5) is 26.8. The summed E-state index contributed by atoms with van der Waals surface area (Å²) in [5.41, 5.74) is -2.29. The van der Waals surface area contributed by atoms with Crippen LogP contribution in [0.15, 0.2) is 12.2 Å². The van der Waals surface area contributed by atoms with Crippen molar-refractivity contribution in [3.05, 3.63) is 12.2 Å². The molecule has 6 aliphatic rings. The molecule has 11 heteroatoms. The molecule has 0 aromatic heterocycles. The number of Topliss-reactive ketones (excluding diaryl/α,β-unsaturated/α-hetero) is 1. The average molecular weight is 818 g/mol. The van der Waals surface area contributed by atoms with Gasteiger partial charge in [-0.15, -0.1) is 0 Å². The van der Waals surface area contributed by atoms with E-state index in [9.17, 15) is 24.9 Å². The monoisotopic (exact) mass is 818 g/mol. The summed E-state index contributed by atoms with van der Waals surface area (Å²) in [6.07, 6.45) is 9.54. The number of hydrogen-bond acceptors (Lipinski definition) is 10. The lowest BCUT2D eigenvalue weighted by Gasteiger charge is -2.55. The summed E-state index contributed by atoms with van der Waals surface area (Å²) in [6, 6.07) is 0.172. The molecule has 4 saturated heterocycles. The largest absolute Gasteiger partial charge is 0.481 e. The molecule has 0 aromatic rings. The first-order valence-electron chi connectivity index (χ1n) is 23.2. The molecule has 1 saturated carbocycles. The van der Waals surface area contributed by atoms with E-state index in [-0.39, 0.29) is 41.8 Å². The van der Waals surface area contributed by atoms with Crippen molar-refractivity contribution in [1.82, 2.24) is 5.32 Å². The molecule has 6 rings (SSSR count). The van der Waals surface area contributed by atoms with Gasteiger partial charge in [0.25, 0.3) is 0 Å². The molecule has 5 aliphatic heterocycles. The Morgan fingerprint density at radius 2 is 1.53 bits per heavy atom. The van der Waals surface area contributed by atoms with E-state index >= 15 is 0 Å². The van der Waals surface area contributed by atoms with Crippen molar-refractivity contribution in [2.45, 2.75) is 225 Å². The fourth-order valence-electron chi connectivity index (χ4n) is 11.7. The van der Waals surface area contributed by atoms with Gasteiger partial charge in [-0.3, -0.25) is 9.59 Å². The van der Waals surface area contributed by atoms with E-state index in [1.54, 1.807) is 0 Å². The van der Waals surface area contributed by atoms with Crippen LogP contribution in [0.1, 0.15) is 154 Å². The summed E-state index contributed by atoms with van der Waals surface area (Å²) >= 11 is 0. The third kappa shape index (κ3) is 8.27. The van der Waals surface area contributed by atoms with Gasteiger partial charge in [-0.2, -0.15) is 0 Å². The van der Waals surface area contributed by atoms with Crippen molar-refractivity contribution in [1.29, 1.82) is 0 Å². The Hall–Kier alpha value is -1.44. The number of hydrogen-bond donors (Lipinski definition) is 4. The number of carbonyl (C=O) groups excluding carboxylic acids is 1. The molecule has 1 aliphatic carbocycles. The maximum absolute atomic E-state index is 14.7. The molecule has 0 amide bonds. The van der Waals surface area contributed by atoms with E-state index in [0.717, 1.165) is 25.7 Å². The van der Waals surface area contributed by atoms with Crippen molar-refractivity contribution >= 4 is 11.8 Å². The summed E-state index contributed by atoms with van der Waals surface area (Å²) in [5, 5.41) is 37.0. The van der Waals surface area contributed by atoms with Gasteiger partial charge in [0.15, 0.2) is 11.6 Å². The number of aliphatic hydroxyl groups excluding tert-OH is 1. The molecule has 20 atom stereocenters. The topological polar surface area (TPSA) is 153 Å². The van der Waals surface area contributed by atoms with Crippen LogP contribution in [0.5, 0.6) is 0 Å². The minimum atomic E-state index is -1.13. The Morgan fingerprint density at radius 3 is 2.12 bits per heavy atom. The number of carboxylic acids is 1. The van der Waals surface area contributed by atoms with Crippen molar-refractivity contribution in [3.8, 4) is 0 Å². The van der Waals surface area contributed by atoms with Crippen LogP contribution in [-0.4, -0.2) is 98.1 Å². The second kappa shape index (κ2) is 17.0. The van der Waals surface area contributed by atoms with Crippen LogP contribution < -0.4 is 5.32 Å². The zero-order chi connectivity index (χ0) is 42.7. The van der Waals surface area contributed by atoms with E-state index in [2.05, 4.69) is 52.1 Å². The van der Waals surface area contributed by atoms with Crippen LogP contribution in [0.2, 0.25) is 0 Å². The number of aliphatic hydroxyl groups is 2. The molecule has 5 fully saturated rings. The van der Waals surface area contributed by atoms with E-state index in [0.29, 0.717) is 56.9 Å². The number of rotatable bonds is 14. The lowest BCUT2D eigenvalue weighted by atomic mass is 9.68. The number of ether oxygens (including phenoxy) is 5. The Labute approximate surface area is 349 Å². The summed E-state index contributed by atoms with van der Waals surface area (Å²) in [6.45, 7) is 24.4. The van der Waals surface area contributed by atoms with Crippen molar-refractivity contribution in [2.75, 3.05) is 0 Å². The van der Waals surface area contributed by atoms with Gasteiger partial charge in [0.1, 0.15) is 5.78 Å². The van der Waals surface area contributed by atoms with Gasteiger partial charge in [0, 0.05) is 36.1 Å². The molecule has 5 heterocycles. The highest BCUT2D eigenvalue weighted by Crippen LogP contribution is 2.55. The maximum Gasteiger partial charge on any atom is 0.309 e. The second-order valence-corrected chi connectivity index (χ2v) is 20.5. The van der Waals surface area contributed by atoms with E-state index < -0.39 is 76.3 Å². The molecular weight excluding hydrogens is 739 g/mol. The van der Waals surface area contributed by atoms with Crippen molar-refractivity contribution in [2.24, 2.45) is 47.3 Å². The Bertz CT molecular complexity index is 1510. The molecule has 11 nitrogen and oxygen atoms in total. The van der Waals surface area contributed by atoms with Crippen LogP contribution in [0.3, 0.4) is 0 Å². The number of ketones is 1. The minimum absolute atomic E-state index is 0.0279. The Kier molecular flexibility index (Phi) is 13.5. The SMILES string of the molecule is CCC(C(=O)O)C1CCC(C)C(C)(C(C)C(O)[C@H](C)C(=O)C(CC)C2O[C@]3(C=CC(NC4CC4C)C4(CCC(C)(C5CCC(O)(CC)C(C)O5)O4)O3)[C@H](C)C[C@@H]2C)O1. The van der Waals surface area contributed by atoms with Crippen LogP contribution >= 0.6 is 0 Å². The van der Waals surface area contributed by atoms with Gasteiger partial charge >= 0.3 is 5.97 Å². The fourth-order valence-corrected chi connectivity index (χ4v) is 11.7. The summed E-state index contributed by atoms with van der Waals surface area (Å²) in [7, 11) is 0. The second-order valence-electron chi connectivity index (χ2n) is 20.5. The highest BCUT2D eigenvalue weighted by Gasteiger charge is 2.64. The molecule has 0 radical (unpaired) electrons. The highest BCUT2D eigenvalue weighted by atomic mass is 16.8. The van der Waals surface area contributed by atoms with Crippen LogP contribution in [0.4, 0.5) is 0 Å².